The summed E-state index contributed by atoms with van der Waals surface area (Å²) in [5.74, 6) is 0.287. The fraction of sp³-hybridized carbons (Fsp3) is 0.611. The van der Waals surface area contributed by atoms with Crippen LogP contribution in [0.5, 0.6) is 0 Å². The van der Waals surface area contributed by atoms with Gasteiger partial charge in [0.1, 0.15) is 6.04 Å². The van der Waals surface area contributed by atoms with Crippen molar-refractivity contribution in [2.75, 3.05) is 32.7 Å². The van der Waals surface area contributed by atoms with E-state index in [-0.39, 0.29) is 11.9 Å². The summed E-state index contributed by atoms with van der Waals surface area (Å²) in [6.07, 6.45) is 2.28. The molecular weight excluding hydrogens is 274 g/mol. The maximum atomic E-state index is 13.1. The molecule has 2 unspecified atom stereocenters. The average molecular weight is 301 g/mol. The third kappa shape index (κ3) is 3.18. The van der Waals surface area contributed by atoms with E-state index in [0.717, 1.165) is 51.1 Å². The minimum atomic E-state index is -0.129. The summed E-state index contributed by atoms with van der Waals surface area (Å²) in [7, 11) is 0. The predicted octanol–water partition coefficient (Wildman–Crippen LogP) is 1.95. The van der Waals surface area contributed by atoms with Crippen LogP contribution >= 0.6 is 0 Å². The van der Waals surface area contributed by atoms with E-state index in [4.69, 9.17) is 0 Å². The molecule has 2 aliphatic heterocycles. The molecule has 0 bridgehead atoms. The third-order valence-electron chi connectivity index (χ3n) is 4.93. The van der Waals surface area contributed by atoms with Crippen LogP contribution in [0.25, 0.3) is 0 Å². The van der Waals surface area contributed by atoms with Gasteiger partial charge in [0, 0.05) is 38.8 Å². The summed E-state index contributed by atoms with van der Waals surface area (Å²) in [4.78, 5) is 17.6. The summed E-state index contributed by atoms with van der Waals surface area (Å²) in [6.45, 7) is 8.98. The van der Waals surface area contributed by atoms with Gasteiger partial charge in [-0.1, -0.05) is 29.8 Å². The number of carbonyl (C=O) groups excluding carboxylic acids is 1. The monoisotopic (exact) mass is 301 g/mol. The van der Waals surface area contributed by atoms with Crippen molar-refractivity contribution in [2.45, 2.75) is 38.8 Å². The average Bonchev–Trinajstić information content (AvgIpc) is 3.05. The van der Waals surface area contributed by atoms with Crippen molar-refractivity contribution in [3.63, 3.8) is 0 Å². The number of aryl methyl sites for hydroxylation is 1. The van der Waals surface area contributed by atoms with E-state index >= 15 is 0 Å². The zero-order chi connectivity index (χ0) is 15.5. The Bertz CT molecular complexity index is 508. The summed E-state index contributed by atoms with van der Waals surface area (Å²) < 4.78 is 0. The molecule has 0 saturated carbocycles. The fourth-order valence-corrected chi connectivity index (χ4v) is 3.58. The van der Waals surface area contributed by atoms with Crippen molar-refractivity contribution < 1.29 is 4.79 Å². The standard InChI is InChI=1S/C18H27N3O/c1-14-5-7-16(8-6-14)17(18(22)20-10-3-4-11-20)21-12-9-19-13-15(21)2/h5-8,15,17,19H,3-4,9-13H2,1-2H3. The van der Waals surface area contributed by atoms with Gasteiger partial charge in [0.2, 0.25) is 5.91 Å². The van der Waals surface area contributed by atoms with Gasteiger partial charge in [0.25, 0.3) is 0 Å². The second-order valence-corrected chi connectivity index (χ2v) is 6.64. The van der Waals surface area contributed by atoms with E-state index in [1.807, 2.05) is 0 Å². The quantitative estimate of drug-likeness (QED) is 0.927. The van der Waals surface area contributed by atoms with Crippen LogP contribution < -0.4 is 5.32 Å². The van der Waals surface area contributed by atoms with Crippen LogP contribution in [0, 0.1) is 6.92 Å². The zero-order valence-corrected chi connectivity index (χ0v) is 13.7. The van der Waals surface area contributed by atoms with Gasteiger partial charge in [-0.15, -0.1) is 0 Å². The molecule has 3 rings (SSSR count). The highest BCUT2D eigenvalue weighted by atomic mass is 16.2. The lowest BCUT2D eigenvalue weighted by molar-refractivity contribution is -0.137. The smallest absolute Gasteiger partial charge is 0.244 e. The molecule has 22 heavy (non-hydrogen) atoms. The van der Waals surface area contributed by atoms with Crippen molar-refractivity contribution in [1.29, 1.82) is 0 Å². The Morgan fingerprint density at radius 2 is 1.86 bits per heavy atom. The molecule has 0 aromatic heterocycles. The number of benzene rings is 1. The SMILES string of the molecule is Cc1ccc(C(C(=O)N2CCCC2)N2CCNCC2C)cc1. The molecule has 2 fully saturated rings. The fourth-order valence-electron chi connectivity index (χ4n) is 3.58. The number of nitrogens with zero attached hydrogens (tertiary/aromatic N) is 2. The van der Waals surface area contributed by atoms with Crippen LogP contribution in [0.15, 0.2) is 24.3 Å². The molecule has 2 atom stereocenters. The van der Waals surface area contributed by atoms with Crippen molar-refractivity contribution in [1.82, 2.24) is 15.1 Å². The van der Waals surface area contributed by atoms with Crippen molar-refractivity contribution in [2.24, 2.45) is 0 Å². The highest BCUT2D eigenvalue weighted by Gasteiger charge is 2.35. The molecule has 0 radical (unpaired) electrons. The molecule has 1 amide bonds. The Kier molecular flexibility index (Phi) is 4.79. The molecule has 2 heterocycles. The molecule has 120 valence electrons. The highest BCUT2D eigenvalue weighted by Crippen LogP contribution is 2.28. The lowest BCUT2D eigenvalue weighted by Crippen LogP contribution is -2.54. The number of rotatable bonds is 3. The van der Waals surface area contributed by atoms with Crippen molar-refractivity contribution >= 4 is 5.91 Å². The second-order valence-electron chi connectivity index (χ2n) is 6.64. The summed E-state index contributed by atoms with van der Waals surface area (Å²) in [5.41, 5.74) is 2.38. The first-order chi connectivity index (χ1) is 10.7. The van der Waals surface area contributed by atoms with Gasteiger partial charge >= 0.3 is 0 Å². The molecule has 4 nitrogen and oxygen atoms in total. The van der Waals surface area contributed by atoms with Gasteiger partial charge in [-0.05, 0) is 32.3 Å². The first-order valence-corrected chi connectivity index (χ1v) is 8.48. The number of hydrogen-bond acceptors (Lipinski definition) is 3. The van der Waals surface area contributed by atoms with E-state index in [1.54, 1.807) is 0 Å². The number of nitrogens with one attached hydrogen (secondary N) is 1. The number of hydrogen-bond donors (Lipinski definition) is 1. The Hall–Kier alpha value is -1.39. The van der Waals surface area contributed by atoms with Crippen LogP contribution in [0.4, 0.5) is 0 Å². The Morgan fingerprint density at radius 3 is 2.50 bits per heavy atom. The normalized spacial score (nSPS) is 24.5. The highest BCUT2D eigenvalue weighted by molar-refractivity contribution is 5.83. The van der Waals surface area contributed by atoms with Crippen LogP contribution in [-0.4, -0.2) is 54.5 Å². The lowest BCUT2D eigenvalue weighted by atomic mass is 9.99. The molecule has 4 heteroatoms. The minimum absolute atomic E-state index is 0.129. The second kappa shape index (κ2) is 6.80. The number of carbonyl (C=O) groups is 1. The molecule has 1 aromatic carbocycles. The minimum Gasteiger partial charge on any atom is -0.341 e. The van der Waals surface area contributed by atoms with Gasteiger partial charge in [-0.25, -0.2) is 0 Å². The molecule has 2 saturated heterocycles. The van der Waals surface area contributed by atoms with E-state index in [9.17, 15) is 4.79 Å². The number of likely N-dealkylation sites (tertiary alicyclic amines) is 1. The first kappa shape index (κ1) is 15.5. The molecule has 1 aromatic rings. The molecule has 2 aliphatic rings. The van der Waals surface area contributed by atoms with Gasteiger partial charge in [-0.2, -0.15) is 0 Å². The maximum absolute atomic E-state index is 13.1. The van der Waals surface area contributed by atoms with Crippen LogP contribution in [-0.2, 0) is 4.79 Å². The Morgan fingerprint density at radius 1 is 1.18 bits per heavy atom. The third-order valence-corrected chi connectivity index (χ3v) is 4.93. The summed E-state index contributed by atoms with van der Waals surface area (Å²) in [5, 5.41) is 3.42. The van der Waals surface area contributed by atoms with Crippen LogP contribution in [0.1, 0.15) is 36.9 Å². The van der Waals surface area contributed by atoms with Gasteiger partial charge in [0.15, 0.2) is 0 Å². The molecule has 1 N–H and O–H groups in total. The largest absolute Gasteiger partial charge is 0.341 e. The van der Waals surface area contributed by atoms with Gasteiger partial charge < -0.3 is 10.2 Å². The van der Waals surface area contributed by atoms with E-state index < -0.39 is 0 Å². The first-order valence-electron chi connectivity index (χ1n) is 8.48. The van der Waals surface area contributed by atoms with Crippen molar-refractivity contribution in [3.8, 4) is 0 Å². The van der Waals surface area contributed by atoms with Crippen LogP contribution in [0.3, 0.4) is 0 Å². The van der Waals surface area contributed by atoms with Gasteiger partial charge in [0.05, 0.1) is 0 Å². The molecular formula is C18H27N3O. The topological polar surface area (TPSA) is 35.6 Å². The predicted molar refractivity (Wildman–Crippen MR) is 88.8 cm³/mol. The molecule has 0 aliphatic carbocycles. The summed E-state index contributed by atoms with van der Waals surface area (Å²) in [6, 6.07) is 8.74. The van der Waals surface area contributed by atoms with Gasteiger partial charge in [-0.3, -0.25) is 9.69 Å². The maximum Gasteiger partial charge on any atom is 0.244 e. The Balaban J connectivity index is 1.90. The van der Waals surface area contributed by atoms with E-state index in [1.165, 1.54) is 5.56 Å². The Labute approximate surface area is 133 Å². The lowest BCUT2D eigenvalue weighted by Gasteiger charge is -2.40. The van der Waals surface area contributed by atoms with Crippen LogP contribution in [0.2, 0.25) is 0 Å². The van der Waals surface area contributed by atoms with Crippen molar-refractivity contribution in [3.05, 3.63) is 35.4 Å². The van der Waals surface area contributed by atoms with E-state index in [0.29, 0.717) is 6.04 Å². The number of piperazine rings is 1. The zero-order valence-electron chi connectivity index (χ0n) is 13.7. The van der Waals surface area contributed by atoms with E-state index in [2.05, 4.69) is 53.2 Å². The summed E-state index contributed by atoms with van der Waals surface area (Å²) >= 11 is 0. The number of amides is 1. The molecule has 0 spiro atoms.